The maximum absolute atomic E-state index is 14.2. The van der Waals surface area contributed by atoms with E-state index in [9.17, 15) is 65.9 Å². The van der Waals surface area contributed by atoms with E-state index in [1.165, 1.54) is 7.11 Å². The fourth-order valence-corrected chi connectivity index (χ4v) is 2.39. The normalized spacial score (nSPS) is 14.9. The van der Waals surface area contributed by atoms with Crippen molar-refractivity contribution in [3.63, 3.8) is 0 Å². The van der Waals surface area contributed by atoms with Crippen molar-refractivity contribution in [2.45, 2.75) is 41.7 Å². The number of aromatic nitrogens is 3. The van der Waals surface area contributed by atoms with E-state index < -0.39 is 53.4 Å². The molecular formula is C16H8F15N3O. The summed E-state index contributed by atoms with van der Waals surface area (Å²) in [4.78, 5) is 2.69. The molecule has 0 aliphatic rings. The lowest BCUT2D eigenvalue weighted by Crippen LogP contribution is -2.72. The second-order valence-electron chi connectivity index (χ2n) is 6.68. The number of hydrogen-bond donors (Lipinski definition) is 1. The molecule has 1 N–H and O–H groups in total. The molecule has 35 heavy (non-hydrogen) atoms. The van der Waals surface area contributed by atoms with Crippen LogP contribution in [0.1, 0.15) is 5.82 Å². The highest BCUT2D eigenvalue weighted by molar-refractivity contribution is 5.56. The van der Waals surface area contributed by atoms with Crippen molar-refractivity contribution in [2.24, 2.45) is 0 Å². The van der Waals surface area contributed by atoms with Gasteiger partial charge in [0.1, 0.15) is 5.75 Å². The number of nitrogens with zero attached hydrogens (tertiary/aromatic N) is 2. The first-order valence-corrected chi connectivity index (χ1v) is 8.41. The Kier molecular flexibility index (Phi) is 6.54. The lowest BCUT2D eigenvalue weighted by Gasteiger charge is -2.41. The van der Waals surface area contributed by atoms with E-state index in [2.05, 4.69) is 10.1 Å². The molecule has 0 radical (unpaired) electrons. The number of aromatic amines is 1. The third-order valence-corrected chi connectivity index (χ3v) is 4.46. The summed E-state index contributed by atoms with van der Waals surface area (Å²) < 4.78 is 204. The summed E-state index contributed by atoms with van der Waals surface area (Å²) in [5, 5.41) is 3.93. The molecule has 4 nitrogen and oxygen atoms in total. The summed E-state index contributed by atoms with van der Waals surface area (Å²) in [6.07, 6.45) is -7.66. The molecule has 0 saturated carbocycles. The number of H-pyrrole nitrogens is 1. The predicted octanol–water partition coefficient (Wildman–Crippen LogP) is 6.31. The average Bonchev–Trinajstić information content (AvgIpc) is 3.23. The van der Waals surface area contributed by atoms with Crippen molar-refractivity contribution in [1.29, 1.82) is 0 Å². The maximum atomic E-state index is 14.2. The van der Waals surface area contributed by atoms with Crippen LogP contribution in [-0.2, 0) is 5.92 Å². The molecule has 0 spiro atoms. The number of halogens is 15. The molecule has 1 heterocycles. The van der Waals surface area contributed by atoms with Crippen molar-refractivity contribution in [1.82, 2.24) is 15.2 Å². The van der Waals surface area contributed by atoms with Crippen LogP contribution >= 0.6 is 0 Å². The molecule has 2 rings (SSSR count). The van der Waals surface area contributed by atoms with Crippen LogP contribution in [0.25, 0.3) is 11.4 Å². The lowest BCUT2D eigenvalue weighted by molar-refractivity contribution is -0.454. The topological polar surface area (TPSA) is 50.8 Å². The molecule has 0 amide bonds. The molecule has 19 heteroatoms. The van der Waals surface area contributed by atoms with Gasteiger partial charge in [-0.05, 0) is 24.3 Å². The average molecular weight is 543 g/mol. The molecule has 0 bridgehead atoms. The van der Waals surface area contributed by atoms with Gasteiger partial charge < -0.3 is 4.74 Å². The third-order valence-electron chi connectivity index (χ3n) is 4.46. The zero-order valence-corrected chi connectivity index (χ0v) is 16.3. The number of hydrogen-bond acceptors (Lipinski definition) is 3. The second kappa shape index (κ2) is 8.07. The molecule has 198 valence electrons. The first-order chi connectivity index (χ1) is 15.5. The quantitative estimate of drug-likeness (QED) is 0.398. The fourth-order valence-electron chi connectivity index (χ4n) is 2.39. The standard InChI is InChI=1S/C16H8F15N3O/c1-35-7-4-2-6(3-5-7)8-32-9(34-33-8)10(17,18)11(19,20)12(21,22)13(23,24)14(25,26)15(27,28)16(29,30)31/h2-5H,1H3,(H,32,33,34). The number of benzene rings is 1. The number of alkyl halides is 15. The minimum atomic E-state index is -8.37. The minimum Gasteiger partial charge on any atom is -0.497 e. The van der Waals surface area contributed by atoms with Gasteiger partial charge in [-0.25, -0.2) is 4.98 Å². The Bertz CT molecular complexity index is 1040. The summed E-state index contributed by atoms with van der Waals surface area (Å²) in [7, 11) is 1.20. The van der Waals surface area contributed by atoms with E-state index in [4.69, 9.17) is 4.74 Å². The predicted molar refractivity (Wildman–Crippen MR) is 83.1 cm³/mol. The van der Waals surface area contributed by atoms with Crippen LogP contribution < -0.4 is 4.74 Å². The SMILES string of the molecule is COc1ccc(-c2n[nH]c(C(F)(F)C(F)(F)C(F)(F)C(F)(F)C(F)(F)C(F)(F)C(F)(F)F)n2)cc1. The molecule has 0 aliphatic heterocycles. The number of ether oxygens (including phenoxy) is 1. The van der Waals surface area contributed by atoms with Gasteiger partial charge in [0.25, 0.3) is 0 Å². The van der Waals surface area contributed by atoms with Gasteiger partial charge in [-0.3, -0.25) is 5.10 Å². The summed E-state index contributed by atoms with van der Waals surface area (Å²) in [6, 6.07) is 4.33. The van der Waals surface area contributed by atoms with E-state index in [0.717, 1.165) is 29.4 Å². The first-order valence-electron chi connectivity index (χ1n) is 8.41. The van der Waals surface area contributed by atoms with E-state index in [1.54, 1.807) is 0 Å². The lowest BCUT2D eigenvalue weighted by atomic mass is 9.91. The monoisotopic (exact) mass is 543 g/mol. The van der Waals surface area contributed by atoms with Gasteiger partial charge in [0.05, 0.1) is 7.11 Å². The van der Waals surface area contributed by atoms with Gasteiger partial charge in [0.15, 0.2) is 5.82 Å². The van der Waals surface area contributed by atoms with Gasteiger partial charge >= 0.3 is 41.7 Å². The van der Waals surface area contributed by atoms with Crippen molar-refractivity contribution in [3.8, 4) is 17.1 Å². The van der Waals surface area contributed by atoms with E-state index in [-0.39, 0.29) is 11.3 Å². The Morgan fingerprint density at radius 1 is 0.629 bits per heavy atom. The summed E-state index contributed by atoms with van der Waals surface area (Å²) in [5.74, 6) is -50.7. The Labute approximate surface area is 183 Å². The molecule has 0 fully saturated rings. The molecule has 1 aromatic carbocycles. The molecule has 0 aliphatic carbocycles. The Hall–Kier alpha value is -2.89. The molecule has 2 aromatic rings. The van der Waals surface area contributed by atoms with E-state index in [0.29, 0.717) is 0 Å². The number of methoxy groups -OCH3 is 1. The molecule has 1 aromatic heterocycles. The summed E-state index contributed by atoms with van der Waals surface area (Å²) in [6.45, 7) is 0. The van der Waals surface area contributed by atoms with Crippen LogP contribution in [0.3, 0.4) is 0 Å². The van der Waals surface area contributed by atoms with Crippen molar-refractivity contribution in [2.75, 3.05) is 7.11 Å². The zero-order valence-electron chi connectivity index (χ0n) is 16.3. The van der Waals surface area contributed by atoms with Crippen LogP contribution in [0.5, 0.6) is 5.75 Å². The molecular weight excluding hydrogens is 535 g/mol. The second-order valence-corrected chi connectivity index (χ2v) is 6.68. The molecule has 0 atom stereocenters. The largest absolute Gasteiger partial charge is 0.497 e. The minimum absolute atomic E-state index is 0.167. The summed E-state index contributed by atoms with van der Waals surface area (Å²) in [5.41, 5.74) is -0.277. The van der Waals surface area contributed by atoms with Crippen LogP contribution in [0.4, 0.5) is 65.9 Å². The van der Waals surface area contributed by atoms with Crippen LogP contribution in [-0.4, -0.2) is 58.1 Å². The number of rotatable bonds is 8. The van der Waals surface area contributed by atoms with E-state index in [1.807, 2.05) is 0 Å². The van der Waals surface area contributed by atoms with Gasteiger partial charge in [-0.2, -0.15) is 71.0 Å². The van der Waals surface area contributed by atoms with Gasteiger partial charge in [0, 0.05) is 5.56 Å². The zero-order chi connectivity index (χ0) is 27.5. The van der Waals surface area contributed by atoms with Crippen LogP contribution in [0, 0.1) is 0 Å². The van der Waals surface area contributed by atoms with Gasteiger partial charge in [-0.15, -0.1) is 0 Å². The molecule has 0 unspecified atom stereocenters. The Balaban J connectivity index is 2.55. The van der Waals surface area contributed by atoms with Gasteiger partial charge in [0.2, 0.25) is 5.82 Å². The number of nitrogens with one attached hydrogen (secondary N) is 1. The highest BCUT2D eigenvalue weighted by Crippen LogP contribution is 2.63. The highest BCUT2D eigenvalue weighted by atomic mass is 19.4. The van der Waals surface area contributed by atoms with Crippen molar-refractivity contribution in [3.05, 3.63) is 30.1 Å². The smallest absolute Gasteiger partial charge is 0.460 e. The first kappa shape index (κ1) is 28.3. The third kappa shape index (κ3) is 3.91. The summed E-state index contributed by atoms with van der Waals surface area (Å²) >= 11 is 0. The van der Waals surface area contributed by atoms with Crippen molar-refractivity contribution >= 4 is 0 Å². The maximum Gasteiger partial charge on any atom is 0.460 e. The highest BCUT2D eigenvalue weighted by Gasteiger charge is 2.93. The Morgan fingerprint density at radius 2 is 1.06 bits per heavy atom. The van der Waals surface area contributed by atoms with Gasteiger partial charge in [-0.1, -0.05) is 0 Å². The Morgan fingerprint density at radius 3 is 1.49 bits per heavy atom. The van der Waals surface area contributed by atoms with E-state index >= 15 is 0 Å². The molecule has 0 saturated heterocycles. The van der Waals surface area contributed by atoms with Crippen LogP contribution in [0.2, 0.25) is 0 Å². The van der Waals surface area contributed by atoms with Crippen LogP contribution in [0.15, 0.2) is 24.3 Å². The fraction of sp³-hybridized carbons (Fsp3) is 0.500. The van der Waals surface area contributed by atoms with Crippen molar-refractivity contribution < 1.29 is 70.6 Å².